The fourth-order valence-corrected chi connectivity index (χ4v) is 7.87. The molecule has 14 heteroatoms. The quantitative estimate of drug-likeness (QED) is 0.154. The number of piperazine rings is 1. The first-order valence-corrected chi connectivity index (χ1v) is 17.3. The van der Waals surface area contributed by atoms with Crippen LogP contribution < -0.4 is 21.1 Å². The van der Waals surface area contributed by atoms with Crippen LogP contribution in [0.5, 0.6) is 5.75 Å². The van der Waals surface area contributed by atoms with Crippen molar-refractivity contribution in [3.63, 3.8) is 0 Å². The van der Waals surface area contributed by atoms with Gasteiger partial charge in [-0.15, -0.1) is 13.2 Å². The summed E-state index contributed by atoms with van der Waals surface area (Å²) in [6.07, 6.45) is -4.62. The van der Waals surface area contributed by atoms with E-state index < -0.39 is 51.9 Å². The number of nitrogens with zero attached hydrogens (tertiary/aromatic N) is 1. The van der Waals surface area contributed by atoms with Gasteiger partial charge in [-0.25, -0.2) is 12.8 Å². The van der Waals surface area contributed by atoms with Crippen LogP contribution in [0.25, 0.3) is 0 Å². The third-order valence-corrected chi connectivity index (χ3v) is 10.5. The van der Waals surface area contributed by atoms with Crippen LogP contribution in [0.2, 0.25) is 5.02 Å². The molecule has 49 heavy (non-hydrogen) atoms. The molecule has 5 rings (SSSR count). The van der Waals surface area contributed by atoms with E-state index in [1.54, 1.807) is 42.5 Å². The Balaban J connectivity index is 1.39. The number of hydrogen-bond acceptors (Lipinski definition) is 6. The average Bonchev–Trinajstić information content (AvgIpc) is 3.05. The summed E-state index contributed by atoms with van der Waals surface area (Å²) in [4.78, 5) is 13.9. The van der Waals surface area contributed by atoms with Crippen molar-refractivity contribution in [2.24, 2.45) is 5.73 Å². The summed E-state index contributed by atoms with van der Waals surface area (Å²) in [6, 6.07) is 21.8. The van der Waals surface area contributed by atoms with Gasteiger partial charge in [0.1, 0.15) is 11.6 Å². The van der Waals surface area contributed by atoms with E-state index in [0.29, 0.717) is 17.1 Å². The van der Waals surface area contributed by atoms with E-state index in [0.717, 1.165) is 12.1 Å². The van der Waals surface area contributed by atoms with Gasteiger partial charge in [0.15, 0.2) is 0 Å². The summed E-state index contributed by atoms with van der Waals surface area (Å²) < 4.78 is 87.1. The Labute approximate surface area is 287 Å². The lowest BCUT2D eigenvalue weighted by molar-refractivity contribution is -0.274. The molecule has 0 saturated carbocycles. The molecule has 0 aliphatic carbocycles. The van der Waals surface area contributed by atoms with Gasteiger partial charge in [0.2, 0.25) is 15.9 Å². The highest BCUT2D eigenvalue weighted by molar-refractivity contribution is 7.89. The van der Waals surface area contributed by atoms with Crippen molar-refractivity contribution in [2.45, 2.75) is 55.1 Å². The van der Waals surface area contributed by atoms with E-state index in [1.807, 2.05) is 6.92 Å². The molecule has 0 bridgehead atoms. The summed E-state index contributed by atoms with van der Waals surface area (Å²) in [6.45, 7) is 2.45. The minimum atomic E-state index is -4.93. The predicted molar refractivity (Wildman–Crippen MR) is 179 cm³/mol. The molecule has 8 nitrogen and oxygen atoms in total. The lowest BCUT2D eigenvalue weighted by atomic mass is 9.84. The molecule has 4 N–H and O–H groups in total. The molecule has 4 atom stereocenters. The van der Waals surface area contributed by atoms with E-state index in [-0.39, 0.29) is 47.1 Å². The molecule has 1 aliphatic rings. The van der Waals surface area contributed by atoms with Gasteiger partial charge in [-0.05, 0) is 79.4 Å². The summed E-state index contributed by atoms with van der Waals surface area (Å²) in [5.74, 6) is -2.76. The van der Waals surface area contributed by atoms with Crippen molar-refractivity contribution in [1.82, 2.24) is 9.62 Å². The van der Waals surface area contributed by atoms with Crippen molar-refractivity contribution in [2.75, 3.05) is 18.4 Å². The summed E-state index contributed by atoms with van der Waals surface area (Å²) in [5, 5.41) is 6.40. The van der Waals surface area contributed by atoms with Gasteiger partial charge < -0.3 is 21.1 Å². The SMILES string of the molecule is C[C@@H]1CN(S(=O)(=O)c2ccccc2)[C@@H](CCc2c(F)cccc2NC(=O)[C@@H](N)[C@@H](c2ccc(Cl)cc2)c2cccc(OC(F)(F)F)c2)CN1. The number of carbonyl (C=O) groups is 1. The zero-order valence-electron chi connectivity index (χ0n) is 26.3. The first-order chi connectivity index (χ1) is 23.2. The number of alkyl halides is 3. The van der Waals surface area contributed by atoms with E-state index in [2.05, 4.69) is 15.4 Å². The Morgan fingerprint density at radius 3 is 2.41 bits per heavy atom. The van der Waals surface area contributed by atoms with Gasteiger partial charge in [-0.3, -0.25) is 4.79 Å². The zero-order valence-corrected chi connectivity index (χ0v) is 27.9. The monoisotopic (exact) mass is 718 g/mol. The van der Waals surface area contributed by atoms with E-state index in [4.69, 9.17) is 17.3 Å². The number of halogens is 5. The van der Waals surface area contributed by atoms with Crippen molar-refractivity contribution < 1.29 is 35.5 Å². The second-order valence-corrected chi connectivity index (χ2v) is 14.1. The van der Waals surface area contributed by atoms with Crippen molar-refractivity contribution in [3.8, 4) is 5.75 Å². The van der Waals surface area contributed by atoms with Crippen LogP contribution in [0, 0.1) is 5.82 Å². The molecule has 0 unspecified atom stereocenters. The molecule has 0 aromatic heterocycles. The number of nitrogens with two attached hydrogens (primary N) is 1. The van der Waals surface area contributed by atoms with Crippen LogP contribution in [0.1, 0.15) is 36.0 Å². The maximum absolute atomic E-state index is 15.4. The normalized spacial score (nSPS) is 18.4. The van der Waals surface area contributed by atoms with Crippen LogP contribution in [0.3, 0.4) is 0 Å². The first-order valence-electron chi connectivity index (χ1n) is 15.5. The second-order valence-electron chi connectivity index (χ2n) is 11.8. The number of ether oxygens (including phenoxy) is 1. The molecule has 260 valence electrons. The Morgan fingerprint density at radius 1 is 1.02 bits per heavy atom. The van der Waals surface area contributed by atoms with Crippen LogP contribution in [0.4, 0.5) is 23.2 Å². The molecule has 1 fully saturated rings. The summed E-state index contributed by atoms with van der Waals surface area (Å²) in [7, 11) is -3.84. The van der Waals surface area contributed by atoms with Gasteiger partial charge in [-0.2, -0.15) is 4.31 Å². The fourth-order valence-electron chi connectivity index (χ4n) is 5.98. The van der Waals surface area contributed by atoms with Gasteiger partial charge in [0, 0.05) is 47.4 Å². The highest BCUT2D eigenvalue weighted by Gasteiger charge is 2.36. The highest BCUT2D eigenvalue weighted by Crippen LogP contribution is 2.33. The smallest absolute Gasteiger partial charge is 0.406 e. The topological polar surface area (TPSA) is 114 Å². The number of benzene rings is 4. The Morgan fingerprint density at radius 2 is 1.71 bits per heavy atom. The standard InChI is InChI=1S/C35H35ClF4N4O4S/c1-22-21-44(49(46,47)28-9-3-2-4-10-28)26(20-42-22)17-18-29-30(37)11-6-12-31(29)43-34(45)33(41)32(23-13-15-25(36)16-14-23)24-7-5-8-27(19-24)48-35(38,39)40/h2-16,19,22,26,32-33,42H,17-18,20-21,41H2,1H3,(H,43,45)/t22-,26+,32+,33+/m1/s1. The average molecular weight is 719 g/mol. The maximum atomic E-state index is 15.4. The molecule has 0 radical (unpaired) electrons. The van der Waals surface area contributed by atoms with Gasteiger partial charge in [0.25, 0.3) is 0 Å². The molecule has 4 aromatic rings. The largest absolute Gasteiger partial charge is 0.573 e. The number of rotatable bonds is 11. The van der Waals surface area contributed by atoms with Crippen LogP contribution >= 0.6 is 11.6 Å². The second kappa shape index (κ2) is 15.3. The van der Waals surface area contributed by atoms with Gasteiger partial charge >= 0.3 is 6.36 Å². The molecular weight excluding hydrogens is 684 g/mol. The molecule has 1 aliphatic heterocycles. The Bertz CT molecular complexity index is 1860. The number of amides is 1. The van der Waals surface area contributed by atoms with Gasteiger partial charge in [-0.1, -0.05) is 60.1 Å². The summed E-state index contributed by atoms with van der Waals surface area (Å²) in [5.41, 5.74) is 7.57. The van der Waals surface area contributed by atoms with Gasteiger partial charge in [0.05, 0.1) is 10.9 Å². The first kappa shape index (κ1) is 36.3. The van der Waals surface area contributed by atoms with Crippen molar-refractivity contribution in [1.29, 1.82) is 0 Å². The van der Waals surface area contributed by atoms with Crippen LogP contribution in [-0.2, 0) is 21.2 Å². The Kier molecular flexibility index (Phi) is 11.3. The predicted octanol–water partition coefficient (Wildman–Crippen LogP) is 6.46. The van der Waals surface area contributed by atoms with E-state index >= 15 is 4.39 Å². The summed E-state index contributed by atoms with van der Waals surface area (Å²) >= 11 is 6.07. The lowest BCUT2D eigenvalue weighted by Gasteiger charge is -2.38. The third kappa shape index (κ3) is 8.97. The zero-order chi connectivity index (χ0) is 35.3. The minimum Gasteiger partial charge on any atom is -0.406 e. The van der Waals surface area contributed by atoms with Crippen molar-refractivity contribution in [3.05, 3.63) is 125 Å². The minimum absolute atomic E-state index is 0.0799. The molecule has 1 heterocycles. The van der Waals surface area contributed by atoms with Crippen molar-refractivity contribution >= 4 is 33.2 Å². The molecule has 1 saturated heterocycles. The molecule has 4 aromatic carbocycles. The highest BCUT2D eigenvalue weighted by atomic mass is 35.5. The number of sulfonamides is 1. The maximum Gasteiger partial charge on any atom is 0.573 e. The van der Waals surface area contributed by atoms with E-state index in [1.165, 1.54) is 46.8 Å². The lowest BCUT2D eigenvalue weighted by Crippen LogP contribution is -2.57. The number of hydrogen-bond donors (Lipinski definition) is 3. The third-order valence-electron chi connectivity index (χ3n) is 8.36. The van der Waals surface area contributed by atoms with Crippen LogP contribution in [-0.4, -0.2) is 56.2 Å². The fraction of sp³-hybridized carbons (Fsp3) is 0.286. The number of carbonyl (C=O) groups excluding carboxylic acids is 1. The molecule has 1 amide bonds. The van der Waals surface area contributed by atoms with Crippen LogP contribution in [0.15, 0.2) is 102 Å². The molecule has 0 spiro atoms. The molecular formula is C35H35ClF4N4O4S. The number of nitrogens with one attached hydrogen (secondary N) is 2. The van der Waals surface area contributed by atoms with E-state index in [9.17, 15) is 26.4 Å². The number of anilines is 1. The Hall–Kier alpha value is -4.01.